The minimum absolute atomic E-state index is 0.0445. The Hall–Kier alpha value is -3.62. The molecular formula is C23H27N3O6. The van der Waals surface area contributed by atoms with Crippen LogP contribution < -0.4 is 9.64 Å². The van der Waals surface area contributed by atoms with Gasteiger partial charge in [-0.1, -0.05) is 13.3 Å². The maximum Gasteiger partial charge on any atom is 0.338 e. The molecule has 9 heteroatoms. The van der Waals surface area contributed by atoms with Gasteiger partial charge in [0.1, 0.15) is 5.75 Å². The van der Waals surface area contributed by atoms with Crippen LogP contribution in [0.2, 0.25) is 0 Å². The third kappa shape index (κ3) is 6.19. The summed E-state index contributed by atoms with van der Waals surface area (Å²) in [5.74, 6) is -0.110. The zero-order chi connectivity index (χ0) is 22.9. The van der Waals surface area contributed by atoms with Crippen LogP contribution in [-0.2, 0) is 9.53 Å². The summed E-state index contributed by atoms with van der Waals surface area (Å²) in [6.07, 6.45) is 2.01. The molecule has 1 aliphatic rings. The number of hydrogen-bond donors (Lipinski definition) is 0. The first-order chi connectivity index (χ1) is 15.5. The van der Waals surface area contributed by atoms with E-state index in [1.165, 1.54) is 12.1 Å². The van der Waals surface area contributed by atoms with Crippen molar-refractivity contribution in [3.05, 3.63) is 64.2 Å². The fourth-order valence-corrected chi connectivity index (χ4v) is 3.32. The number of carbonyl (C=O) groups excluding carboxylic acids is 2. The normalized spacial score (nSPS) is 13.5. The molecular weight excluding hydrogens is 414 g/mol. The van der Waals surface area contributed by atoms with Crippen molar-refractivity contribution in [1.82, 2.24) is 4.90 Å². The SMILES string of the molecule is CCCCOc1ccc(C(=O)OCC(=O)N2CCN(c3ccc([N+](=O)[O-])cc3)CC2)cc1. The zero-order valence-electron chi connectivity index (χ0n) is 18.1. The Morgan fingerprint density at radius 1 is 1.00 bits per heavy atom. The zero-order valence-corrected chi connectivity index (χ0v) is 18.1. The van der Waals surface area contributed by atoms with Gasteiger partial charge < -0.3 is 19.3 Å². The number of nitro benzene ring substituents is 1. The Morgan fingerprint density at radius 3 is 2.25 bits per heavy atom. The fraction of sp³-hybridized carbons (Fsp3) is 0.391. The molecule has 0 spiro atoms. The van der Waals surface area contributed by atoms with Gasteiger partial charge in [0.05, 0.1) is 17.1 Å². The van der Waals surface area contributed by atoms with Crippen molar-refractivity contribution < 1.29 is 24.0 Å². The molecule has 1 aliphatic heterocycles. The Balaban J connectivity index is 1.42. The number of ether oxygens (including phenoxy) is 2. The number of piperazine rings is 1. The van der Waals surface area contributed by atoms with Crippen molar-refractivity contribution in [2.24, 2.45) is 0 Å². The molecule has 0 N–H and O–H groups in total. The molecule has 0 unspecified atom stereocenters. The molecule has 0 atom stereocenters. The van der Waals surface area contributed by atoms with Gasteiger partial charge in [0.25, 0.3) is 11.6 Å². The lowest BCUT2D eigenvalue weighted by Crippen LogP contribution is -2.49. The van der Waals surface area contributed by atoms with E-state index in [0.29, 0.717) is 44.1 Å². The third-order valence-electron chi connectivity index (χ3n) is 5.24. The summed E-state index contributed by atoms with van der Waals surface area (Å²) in [7, 11) is 0. The van der Waals surface area contributed by atoms with E-state index >= 15 is 0 Å². The van der Waals surface area contributed by atoms with Gasteiger partial charge in [-0.05, 0) is 42.8 Å². The molecule has 32 heavy (non-hydrogen) atoms. The van der Waals surface area contributed by atoms with Gasteiger partial charge in [0.2, 0.25) is 0 Å². The number of unbranched alkanes of at least 4 members (excludes halogenated alkanes) is 1. The van der Waals surface area contributed by atoms with Crippen molar-refractivity contribution in [2.45, 2.75) is 19.8 Å². The molecule has 1 heterocycles. The number of non-ortho nitro benzene ring substituents is 1. The third-order valence-corrected chi connectivity index (χ3v) is 5.24. The number of benzene rings is 2. The Morgan fingerprint density at radius 2 is 1.66 bits per heavy atom. The van der Waals surface area contributed by atoms with Crippen molar-refractivity contribution in [3.63, 3.8) is 0 Å². The average Bonchev–Trinajstić information content (AvgIpc) is 2.83. The van der Waals surface area contributed by atoms with Crippen molar-refractivity contribution >= 4 is 23.3 Å². The lowest BCUT2D eigenvalue weighted by Gasteiger charge is -2.36. The van der Waals surface area contributed by atoms with Crippen LogP contribution in [-0.4, -0.2) is 61.1 Å². The molecule has 170 valence electrons. The van der Waals surface area contributed by atoms with E-state index in [0.717, 1.165) is 18.5 Å². The standard InChI is InChI=1S/C23H27N3O6/c1-2-3-16-31-21-10-4-18(5-11-21)23(28)32-17-22(27)25-14-12-24(13-15-25)19-6-8-20(9-7-19)26(29)30/h4-11H,2-3,12-17H2,1H3. The Bertz CT molecular complexity index is 922. The fourth-order valence-electron chi connectivity index (χ4n) is 3.32. The molecule has 1 saturated heterocycles. The van der Waals surface area contributed by atoms with E-state index in [1.807, 2.05) is 0 Å². The van der Waals surface area contributed by atoms with Crippen molar-refractivity contribution in [2.75, 3.05) is 44.3 Å². The topological polar surface area (TPSA) is 102 Å². The predicted molar refractivity (Wildman–Crippen MR) is 119 cm³/mol. The van der Waals surface area contributed by atoms with Crippen LogP contribution in [0, 0.1) is 10.1 Å². The minimum atomic E-state index is -0.553. The van der Waals surface area contributed by atoms with Crippen LogP contribution in [0.5, 0.6) is 5.75 Å². The van der Waals surface area contributed by atoms with E-state index < -0.39 is 10.9 Å². The smallest absolute Gasteiger partial charge is 0.338 e. The number of nitrogens with zero attached hydrogens (tertiary/aromatic N) is 3. The van der Waals surface area contributed by atoms with Gasteiger partial charge in [-0.15, -0.1) is 0 Å². The van der Waals surface area contributed by atoms with E-state index in [2.05, 4.69) is 11.8 Å². The Labute approximate surface area is 186 Å². The first kappa shape index (κ1) is 23.1. The molecule has 1 amide bonds. The van der Waals surface area contributed by atoms with Crippen LogP contribution in [0.1, 0.15) is 30.1 Å². The molecule has 0 aromatic heterocycles. The molecule has 0 bridgehead atoms. The van der Waals surface area contributed by atoms with Gasteiger partial charge in [-0.25, -0.2) is 4.79 Å². The van der Waals surface area contributed by atoms with E-state index in [-0.39, 0.29) is 18.2 Å². The minimum Gasteiger partial charge on any atom is -0.494 e. The summed E-state index contributed by atoms with van der Waals surface area (Å²) >= 11 is 0. The van der Waals surface area contributed by atoms with Gasteiger partial charge in [0.15, 0.2) is 6.61 Å². The van der Waals surface area contributed by atoms with E-state index in [1.54, 1.807) is 41.3 Å². The first-order valence-electron chi connectivity index (χ1n) is 10.6. The van der Waals surface area contributed by atoms with E-state index in [4.69, 9.17) is 9.47 Å². The van der Waals surface area contributed by atoms with Crippen LogP contribution in [0.3, 0.4) is 0 Å². The highest BCUT2D eigenvalue weighted by Crippen LogP contribution is 2.21. The maximum absolute atomic E-state index is 12.4. The summed E-state index contributed by atoms with van der Waals surface area (Å²) in [6.45, 7) is 4.56. The number of hydrogen-bond acceptors (Lipinski definition) is 7. The second-order valence-electron chi connectivity index (χ2n) is 7.44. The molecule has 0 aliphatic carbocycles. The summed E-state index contributed by atoms with van der Waals surface area (Å²) in [5.41, 5.74) is 1.28. The highest BCUT2D eigenvalue weighted by molar-refractivity contribution is 5.91. The lowest BCUT2D eigenvalue weighted by molar-refractivity contribution is -0.384. The van der Waals surface area contributed by atoms with E-state index in [9.17, 15) is 19.7 Å². The van der Waals surface area contributed by atoms with Crippen LogP contribution in [0.15, 0.2) is 48.5 Å². The molecule has 3 rings (SSSR count). The van der Waals surface area contributed by atoms with Crippen molar-refractivity contribution in [1.29, 1.82) is 0 Å². The average molecular weight is 441 g/mol. The number of amides is 1. The van der Waals surface area contributed by atoms with Gasteiger partial charge in [-0.3, -0.25) is 14.9 Å². The second kappa shape index (κ2) is 11.1. The first-order valence-corrected chi connectivity index (χ1v) is 10.6. The lowest BCUT2D eigenvalue weighted by atomic mass is 10.2. The molecule has 0 radical (unpaired) electrons. The summed E-state index contributed by atoms with van der Waals surface area (Å²) in [4.78, 5) is 38.7. The molecule has 2 aromatic rings. The van der Waals surface area contributed by atoms with Crippen LogP contribution in [0.25, 0.3) is 0 Å². The predicted octanol–water partition coefficient (Wildman–Crippen LogP) is 3.28. The number of rotatable bonds is 9. The summed E-state index contributed by atoms with van der Waals surface area (Å²) in [5, 5.41) is 10.8. The van der Waals surface area contributed by atoms with Crippen molar-refractivity contribution in [3.8, 4) is 5.75 Å². The second-order valence-corrected chi connectivity index (χ2v) is 7.44. The molecule has 0 saturated carbocycles. The maximum atomic E-state index is 12.4. The molecule has 2 aromatic carbocycles. The number of nitro groups is 1. The monoisotopic (exact) mass is 441 g/mol. The van der Waals surface area contributed by atoms with Gasteiger partial charge in [-0.2, -0.15) is 0 Å². The van der Waals surface area contributed by atoms with Gasteiger partial charge in [0, 0.05) is 44.0 Å². The Kier molecular flexibility index (Phi) is 8.02. The summed E-state index contributed by atoms with van der Waals surface area (Å²) < 4.78 is 10.7. The number of anilines is 1. The molecule has 9 nitrogen and oxygen atoms in total. The largest absolute Gasteiger partial charge is 0.494 e. The number of carbonyl (C=O) groups is 2. The number of esters is 1. The van der Waals surface area contributed by atoms with Crippen LogP contribution in [0.4, 0.5) is 11.4 Å². The quantitative estimate of drug-likeness (QED) is 0.255. The summed E-state index contributed by atoms with van der Waals surface area (Å²) in [6, 6.07) is 13.0. The van der Waals surface area contributed by atoms with Gasteiger partial charge >= 0.3 is 5.97 Å². The highest BCUT2D eigenvalue weighted by atomic mass is 16.6. The highest BCUT2D eigenvalue weighted by Gasteiger charge is 2.23. The van der Waals surface area contributed by atoms with Crippen LogP contribution >= 0.6 is 0 Å². The molecule has 1 fully saturated rings.